The molecular weight excluding hydrogens is 437 g/mol. The van der Waals surface area contributed by atoms with E-state index in [4.69, 9.17) is 23.2 Å². The van der Waals surface area contributed by atoms with E-state index in [9.17, 15) is 18.3 Å². The standard InChI is InChI=1S/C19H25Cl2N3O4S/c1-24(2)10-11-8-12(9-11)29(27,28)18-14(21)6-7-16(17(18)25)23-19(26)22-15-5-3-4-13(15)20/h4,6-7,11-12,15,25H,3,5,8-10H2,1-2H3,(H2,22,23,26)/t11-,12-,15?. The fourth-order valence-electron chi connectivity index (χ4n) is 3.80. The summed E-state index contributed by atoms with van der Waals surface area (Å²) in [5, 5.41) is 15.7. The van der Waals surface area contributed by atoms with Gasteiger partial charge in [0.2, 0.25) is 0 Å². The van der Waals surface area contributed by atoms with Gasteiger partial charge in [-0.25, -0.2) is 13.2 Å². The van der Waals surface area contributed by atoms with Gasteiger partial charge in [0.1, 0.15) is 4.90 Å². The Morgan fingerprint density at radius 1 is 1.28 bits per heavy atom. The molecule has 29 heavy (non-hydrogen) atoms. The number of phenolic OH excluding ortho intramolecular Hbond substituents is 1. The lowest BCUT2D eigenvalue weighted by Crippen LogP contribution is -2.40. The number of nitrogens with one attached hydrogen (secondary N) is 2. The summed E-state index contributed by atoms with van der Waals surface area (Å²) in [7, 11) is 0.0633. The number of halogens is 2. The van der Waals surface area contributed by atoms with E-state index in [1.807, 2.05) is 25.1 Å². The molecule has 0 spiro atoms. The second-order valence-electron chi connectivity index (χ2n) is 7.86. The minimum Gasteiger partial charge on any atom is -0.504 e. The number of sulfone groups is 1. The number of rotatable bonds is 6. The molecule has 10 heteroatoms. The molecule has 1 saturated carbocycles. The van der Waals surface area contributed by atoms with Crippen LogP contribution >= 0.6 is 23.2 Å². The molecule has 0 saturated heterocycles. The Morgan fingerprint density at radius 3 is 2.55 bits per heavy atom. The number of allylic oxidation sites excluding steroid dienone is 1. The molecular formula is C19H25Cl2N3O4S. The van der Waals surface area contributed by atoms with Gasteiger partial charge in [-0.3, -0.25) is 0 Å². The van der Waals surface area contributed by atoms with E-state index >= 15 is 0 Å². The second-order valence-corrected chi connectivity index (χ2v) is 10.9. The minimum absolute atomic E-state index is 0.0206. The van der Waals surface area contributed by atoms with Gasteiger partial charge in [-0.1, -0.05) is 29.3 Å². The van der Waals surface area contributed by atoms with Gasteiger partial charge >= 0.3 is 6.03 Å². The van der Waals surface area contributed by atoms with Gasteiger partial charge in [-0.15, -0.1) is 0 Å². The number of urea groups is 1. The minimum atomic E-state index is -3.82. The summed E-state index contributed by atoms with van der Waals surface area (Å²) in [5.41, 5.74) is -0.0206. The molecule has 1 fully saturated rings. The first kappa shape index (κ1) is 22.2. The van der Waals surface area contributed by atoms with Crippen LogP contribution in [0, 0.1) is 5.92 Å². The van der Waals surface area contributed by atoms with Crippen LogP contribution in [-0.2, 0) is 9.84 Å². The molecule has 0 radical (unpaired) electrons. The first-order chi connectivity index (χ1) is 13.6. The van der Waals surface area contributed by atoms with Crippen molar-refractivity contribution >= 4 is 44.8 Å². The number of anilines is 1. The van der Waals surface area contributed by atoms with Crippen molar-refractivity contribution in [1.29, 1.82) is 0 Å². The average Bonchev–Trinajstić information content (AvgIpc) is 2.97. The van der Waals surface area contributed by atoms with Gasteiger partial charge < -0.3 is 20.6 Å². The Hall–Kier alpha value is -1.48. The molecule has 0 aliphatic heterocycles. The van der Waals surface area contributed by atoms with E-state index in [1.54, 1.807) is 0 Å². The zero-order chi connectivity index (χ0) is 21.3. The number of hydrogen-bond donors (Lipinski definition) is 3. The zero-order valence-corrected chi connectivity index (χ0v) is 18.6. The summed E-state index contributed by atoms with van der Waals surface area (Å²) >= 11 is 12.2. The molecule has 3 rings (SSSR count). The molecule has 0 aromatic heterocycles. The number of aromatic hydroxyl groups is 1. The van der Waals surface area contributed by atoms with Gasteiger partial charge in [0, 0.05) is 11.6 Å². The monoisotopic (exact) mass is 461 g/mol. The third-order valence-corrected chi connectivity index (χ3v) is 8.39. The highest BCUT2D eigenvalue weighted by Gasteiger charge is 2.42. The largest absolute Gasteiger partial charge is 0.504 e. The van der Waals surface area contributed by atoms with Crippen molar-refractivity contribution in [2.45, 2.75) is 41.9 Å². The molecule has 1 unspecified atom stereocenters. The van der Waals surface area contributed by atoms with E-state index in [0.29, 0.717) is 30.2 Å². The maximum Gasteiger partial charge on any atom is 0.319 e. The Labute approximate surface area is 181 Å². The van der Waals surface area contributed by atoms with Crippen molar-refractivity contribution in [3.63, 3.8) is 0 Å². The van der Waals surface area contributed by atoms with Crippen molar-refractivity contribution < 1.29 is 18.3 Å². The lowest BCUT2D eigenvalue weighted by Gasteiger charge is -2.36. The highest BCUT2D eigenvalue weighted by atomic mass is 35.5. The van der Waals surface area contributed by atoms with Crippen LogP contribution in [0.25, 0.3) is 0 Å². The Kier molecular flexibility index (Phi) is 6.67. The lowest BCUT2D eigenvalue weighted by molar-refractivity contribution is 0.232. The zero-order valence-electron chi connectivity index (χ0n) is 16.3. The molecule has 1 aromatic carbocycles. The molecule has 0 bridgehead atoms. The number of amides is 2. The van der Waals surface area contributed by atoms with E-state index in [-0.39, 0.29) is 21.6 Å². The third-order valence-electron chi connectivity index (χ3n) is 5.30. The number of phenols is 1. The Balaban J connectivity index is 1.75. The van der Waals surface area contributed by atoms with Crippen LogP contribution in [0.4, 0.5) is 10.5 Å². The predicted octanol–water partition coefficient (Wildman–Crippen LogP) is 3.57. The normalized spacial score (nSPS) is 24.2. The van der Waals surface area contributed by atoms with E-state index < -0.39 is 26.9 Å². The van der Waals surface area contributed by atoms with Crippen LogP contribution in [-0.4, -0.2) is 56.4 Å². The van der Waals surface area contributed by atoms with Gasteiger partial charge in [0.05, 0.1) is 22.0 Å². The van der Waals surface area contributed by atoms with Crippen molar-refractivity contribution in [1.82, 2.24) is 10.2 Å². The summed E-state index contributed by atoms with van der Waals surface area (Å²) in [4.78, 5) is 13.9. The molecule has 3 N–H and O–H groups in total. The second kappa shape index (κ2) is 8.71. The molecule has 160 valence electrons. The van der Waals surface area contributed by atoms with Gasteiger partial charge in [0.25, 0.3) is 0 Å². The molecule has 1 aromatic rings. The number of benzene rings is 1. The summed E-state index contributed by atoms with van der Waals surface area (Å²) in [6, 6.07) is 1.86. The van der Waals surface area contributed by atoms with Crippen LogP contribution in [0.1, 0.15) is 25.7 Å². The van der Waals surface area contributed by atoms with Crippen LogP contribution in [0.2, 0.25) is 5.02 Å². The van der Waals surface area contributed by atoms with Gasteiger partial charge in [0.15, 0.2) is 15.6 Å². The number of carbonyl (C=O) groups excluding carboxylic acids is 1. The van der Waals surface area contributed by atoms with Gasteiger partial charge in [-0.2, -0.15) is 0 Å². The maximum atomic E-state index is 13.0. The molecule has 2 amide bonds. The Morgan fingerprint density at radius 2 is 1.97 bits per heavy atom. The summed E-state index contributed by atoms with van der Waals surface area (Å²) in [6.45, 7) is 0.811. The topological polar surface area (TPSA) is 98.7 Å². The highest BCUT2D eigenvalue weighted by molar-refractivity contribution is 7.92. The summed E-state index contributed by atoms with van der Waals surface area (Å²) in [5.74, 6) is -0.251. The molecule has 1 atom stereocenters. The number of carbonyl (C=O) groups is 1. The van der Waals surface area contributed by atoms with E-state index in [0.717, 1.165) is 13.0 Å². The van der Waals surface area contributed by atoms with Crippen LogP contribution in [0.5, 0.6) is 5.75 Å². The van der Waals surface area contributed by atoms with Crippen LogP contribution < -0.4 is 10.6 Å². The first-order valence-corrected chi connectivity index (χ1v) is 11.7. The maximum absolute atomic E-state index is 13.0. The fourth-order valence-corrected chi connectivity index (χ4v) is 6.66. The van der Waals surface area contributed by atoms with E-state index in [1.165, 1.54) is 12.1 Å². The van der Waals surface area contributed by atoms with Crippen molar-refractivity contribution in [3.05, 3.63) is 28.3 Å². The highest BCUT2D eigenvalue weighted by Crippen LogP contribution is 2.44. The van der Waals surface area contributed by atoms with Crippen molar-refractivity contribution in [2.24, 2.45) is 5.92 Å². The van der Waals surface area contributed by atoms with Gasteiger partial charge in [-0.05, 0) is 57.8 Å². The van der Waals surface area contributed by atoms with Crippen LogP contribution in [0.3, 0.4) is 0 Å². The molecule has 2 aliphatic rings. The Bertz CT molecular complexity index is 928. The number of nitrogens with zero attached hydrogens (tertiary/aromatic N) is 1. The van der Waals surface area contributed by atoms with Crippen LogP contribution in [0.15, 0.2) is 28.1 Å². The summed E-state index contributed by atoms with van der Waals surface area (Å²) in [6.07, 6.45) is 4.32. The quantitative estimate of drug-likeness (QED) is 0.562. The van der Waals surface area contributed by atoms with E-state index in [2.05, 4.69) is 10.6 Å². The first-order valence-electron chi connectivity index (χ1n) is 9.42. The molecule has 0 heterocycles. The smallest absolute Gasteiger partial charge is 0.319 e. The summed E-state index contributed by atoms with van der Waals surface area (Å²) < 4.78 is 26.1. The SMILES string of the molecule is CN(C)C[C@H]1C[C@H](S(=O)(=O)c2c(Cl)ccc(NC(=O)NC3CCC=C3Cl)c2O)C1. The van der Waals surface area contributed by atoms with Crippen molar-refractivity contribution in [2.75, 3.05) is 26.0 Å². The molecule has 7 nitrogen and oxygen atoms in total. The number of hydrogen-bond acceptors (Lipinski definition) is 5. The fraction of sp³-hybridized carbons (Fsp3) is 0.526. The predicted molar refractivity (Wildman–Crippen MR) is 114 cm³/mol. The average molecular weight is 462 g/mol. The molecule has 2 aliphatic carbocycles. The lowest BCUT2D eigenvalue weighted by atomic mass is 9.84. The van der Waals surface area contributed by atoms with Crippen molar-refractivity contribution in [3.8, 4) is 5.75 Å². The third kappa shape index (κ3) is 4.82.